The van der Waals surface area contributed by atoms with Crippen molar-refractivity contribution < 1.29 is 8.83 Å². The van der Waals surface area contributed by atoms with Gasteiger partial charge in [0.2, 0.25) is 0 Å². The van der Waals surface area contributed by atoms with Crippen molar-refractivity contribution in [2.45, 2.75) is 13.1 Å². The van der Waals surface area contributed by atoms with Crippen LogP contribution in [0, 0.1) is 0 Å². The standard InChI is InChI=1S/C48H34NO2Si/c1-52(2)44-27-26-37-36-17-5-7-21-41(36)51-48(37)47(44)39-25-24-33(29-45(39)52)49(40-20-11-23-43-46(40)38-18-6-8-22-42(38)50-43)32-15-9-14-31(28-32)35-19-10-13-30-12-3-4-16-34(30)35/h3-29,52H,1-2H3/q-1. The molecule has 4 heteroatoms. The first-order valence-corrected chi connectivity index (χ1v) is 21.6. The second-order valence-electron chi connectivity index (χ2n) is 14.8. The number of hydrogen-bond donors (Lipinski definition) is 0. The van der Waals surface area contributed by atoms with E-state index in [1.807, 2.05) is 6.07 Å². The molecule has 52 heavy (non-hydrogen) atoms. The topological polar surface area (TPSA) is 29.5 Å². The first kappa shape index (κ1) is 29.4. The zero-order valence-electron chi connectivity index (χ0n) is 28.9. The van der Waals surface area contributed by atoms with Crippen LogP contribution in [0.5, 0.6) is 0 Å². The van der Waals surface area contributed by atoms with E-state index in [1.54, 1.807) is 0 Å². The maximum atomic E-state index is 6.63. The van der Waals surface area contributed by atoms with Crippen molar-refractivity contribution in [1.29, 1.82) is 0 Å². The number of para-hydroxylation sites is 2. The van der Waals surface area contributed by atoms with Crippen molar-refractivity contribution in [3.05, 3.63) is 164 Å². The molecular formula is C48H34NO2Si-. The second kappa shape index (κ2) is 10.8. The molecule has 3 heterocycles. The van der Waals surface area contributed by atoms with Crippen LogP contribution in [0.15, 0.2) is 173 Å². The van der Waals surface area contributed by atoms with E-state index in [9.17, 15) is 0 Å². The van der Waals surface area contributed by atoms with Gasteiger partial charge in [-0.2, -0.15) is 0 Å². The summed E-state index contributed by atoms with van der Waals surface area (Å²) < 4.78 is 13.1. The third kappa shape index (κ3) is 4.13. The predicted octanol–water partition coefficient (Wildman–Crippen LogP) is 12.3. The number of nitrogens with zero attached hydrogens (tertiary/aromatic N) is 1. The molecular weight excluding hydrogens is 651 g/mol. The Labute approximate surface area is 302 Å². The summed E-state index contributed by atoms with van der Waals surface area (Å²) in [4.78, 5) is 2.44. The van der Waals surface area contributed by atoms with Crippen LogP contribution < -0.4 is 15.3 Å². The molecule has 0 amide bonds. The van der Waals surface area contributed by atoms with Gasteiger partial charge in [0, 0.05) is 0 Å². The molecule has 10 aromatic rings. The van der Waals surface area contributed by atoms with Crippen LogP contribution in [0.3, 0.4) is 0 Å². The Bertz CT molecular complexity index is 3070. The van der Waals surface area contributed by atoms with Gasteiger partial charge in [0.15, 0.2) is 0 Å². The predicted molar refractivity (Wildman–Crippen MR) is 222 cm³/mol. The molecule has 0 aliphatic carbocycles. The Hall–Kier alpha value is -6.36. The second-order valence-corrected chi connectivity index (χ2v) is 19.8. The number of hydrogen-bond acceptors (Lipinski definition) is 3. The normalized spacial score (nSPS) is 14.0. The van der Waals surface area contributed by atoms with Gasteiger partial charge in [-0.15, -0.1) is 0 Å². The number of fused-ring (bicyclic) bond motifs is 11. The van der Waals surface area contributed by atoms with E-state index >= 15 is 0 Å². The molecule has 3 nitrogen and oxygen atoms in total. The van der Waals surface area contributed by atoms with Crippen molar-refractivity contribution in [1.82, 2.24) is 0 Å². The first-order valence-electron chi connectivity index (χ1n) is 18.2. The fourth-order valence-electron chi connectivity index (χ4n) is 9.02. The van der Waals surface area contributed by atoms with Gasteiger partial charge in [-0.25, -0.2) is 0 Å². The third-order valence-electron chi connectivity index (χ3n) is 11.5. The monoisotopic (exact) mass is 684 g/mol. The van der Waals surface area contributed by atoms with Crippen LogP contribution in [-0.2, 0) is 0 Å². The van der Waals surface area contributed by atoms with E-state index in [-0.39, 0.29) is 0 Å². The van der Waals surface area contributed by atoms with Crippen LogP contribution in [-0.4, -0.2) is 8.07 Å². The molecule has 0 radical (unpaired) electrons. The Morgan fingerprint density at radius 3 is 2.04 bits per heavy atom. The summed E-state index contributed by atoms with van der Waals surface area (Å²) >= 11 is 0. The number of anilines is 3. The fourth-order valence-corrected chi connectivity index (χ4v) is 12.6. The SMILES string of the molecule is C[SiH-]1(C)c2cc(N(c3cccc(-c4cccc5ccccc45)c3)c3cccc4oc5ccccc5c34)ccc2-c2c1ccc1c2oc2ccccc21. The van der Waals surface area contributed by atoms with Crippen LogP contribution in [0.25, 0.3) is 76.9 Å². The summed E-state index contributed by atoms with van der Waals surface area (Å²) in [7, 11) is -2.48. The quantitative estimate of drug-likeness (QED) is 0.173. The molecule has 0 bridgehead atoms. The van der Waals surface area contributed by atoms with Crippen molar-refractivity contribution in [3.63, 3.8) is 0 Å². The van der Waals surface area contributed by atoms with E-state index in [0.717, 1.165) is 50.2 Å². The zero-order chi connectivity index (χ0) is 34.6. The summed E-state index contributed by atoms with van der Waals surface area (Å²) in [5.74, 6) is 0. The van der Waals surface area contributed by atoms with E-state index in [0.29, 0.717) is 0 Å². The van der Waals surface area contributed by atoms with Gasteiger partial charge in [-0.05, 0) is 0 Å². The summed E-state index contributed by atoms with van der Waals surface area (Å²) in [6, 6.07) is 59.2. The van der Waals surface area contributed by atoms with Crippen molar-refractivity contribution in [2.24, 2.45) is 0 Å². The third-order valence-corrected chi connectivity index (χ3v) is 15.6. The minimum absolute atomic E-state index is 0.881. The Morgan fingerprint density at radius 2 is 1.15 bits per heavy atom. The first-order chi connectivity index (χ1) is 25.5. The van der Waals surface area contributed by atoms with Crippen molar-refractivity contribution in [2.75, 3.05) is 4.90 Å². The molecule has 1 aliphatic rings. The summed E-state index contributed by atoms with van der Waals surface area (Å²) in [6.07, 6.45) is 0. The van der Waals surface area contributed by atoms with E-state index < -0.39 is 8.07 Å². The number of furan rings is 2. The van der Waals surface area contributed by atoms with Gasteiger partial charge in [0.25, 0.3) is 0 Å². The van der Waals surface area contributed by atoms with Crippen LogP contribution in [0.1, 0.15) is 0 Å². The molecule has 0 saturated heterocycles. The molecule has 0 atom stereocenters. The van der Waals surface area contributed by atoms with Crippen LogP contribution >= 0.6 is 0 Å². The van der Waals surface area contributed by atoms with E-state index in [4.69, 9.17) is 8.83 Å². The molecule has 0 fully saturated rings. The molecule has 0 spiro atoms. The molecule has 0 saturated carbocycles. The van der Waals surface area contributed by atoms with E-state index in [2.05, 4.69) is 176 Å². The Kier molecular flexibility index (Phi) is 6.11. The molecule has 2 aromatic heterocycles. The molecule has 248 valence electrons. The average Bonchev–Trinajstić information content (AvgIpc) is 3.83. The minimum atomic E-state index is -2.48. The molecule has 0 N–H and O–H groups in total. The fraction of sp³-hybridized carbons (Fsp3) is 0.0417. The van der Waals surface area contributed by atoms with Gasteiger partial charge < -0.3 is 0 Å². The van der Waals surface area contributed by atoms with Gasteiger partial charge in [0.1, 0.15) is 0 Å². The zero-order valence-corrected chi connectivity index (χ0v) is 30.1. The van der Waals surface area contributed by atoms with Crippen LogP contribution in [0.4, 0.5) is 17.1 Å². The summed E-state index contributed by atoms with van der Waals surface area (Å²) in [5, 5.41) is 9.98. The summed E-state index contributed by atoms with van der Waals surface area (Å²) in [6.45, 7) is 5.01. The molecule has 8 aromatic carbocycles. The van der Waals surface area contributed by atoms with Crippen molar-refractivity contribution in [3.8, 4) is 22.3 Å². The Balaban J connectivity index is 1.16. The summed E-state index contributed by atoms with van der Waals surface area (Å²) in [5.41, 5.74) is 12.0. The van der Waals surface area contributed by atoms with Crippen molar-refractivity contribution >= 4 is 90.2 Å². The molecule has 11 rings (SSSR count). The average molecular weight is 685 g/mol. The van der Waals surface area contributed by atoms with Gasteiger partial charge in [-0.3, -0.25) is 0 Å². The molecule has 0 unspecified atom stereocenters. The van der Waals surface area contributed by atoms with Gasteiger partial charge in [0.05, 0.1) is 0 Å². The molecule has 1 aliphatic heterocycles. The van der Waals surface area contributed by atoms with Gasteiger partial charge in [-0.1, -0.05) is 0 Å². The van der Waals surface area contributed by atoms with Gasteiger partial charge >= 0.3 is 303 Å². The number of benzene rings is 8. The Morgan fingerprint density at radius 1 is 0.462 bits per heavy atom. The maximum absolute atomic E-state index is 6.63. The van der Waals surface area contributed by atoms with Crippen LogP contribution in [0.2, 0.25) is 13.1 Å². The van der Waals surface area contributed by atoms with E-state index in [1.165, 1.54) is 54.2 Å². The number of rotatable bonds is 4.